The van der Waals surface area contributed by atoms with Gasteiger partial charge in [0.25, 0.3) is 0 Å². The van der Waals surface area contributed by atoms with Crippen LogP contribution in [0.3, 0.4) is 0 Å². The molecule has 16 heavy (non-hydrogen) atoms. The second-order valence-corrected chi connectivity index (χ2v) is 3.44. The molecule has 0 radical (unpaired) electrons. The summed E-state index contributed by atoms with van der Waals surface area (Å²) in [5, 5.41) is 11.6. The fourth-order valence-electron chi connectivity index (χ4n) is 1.00. The lowest BCUT2D eigenvalue weighted by atomic mass is 10.4. The molecule has 0 amide bonds. The molecule has 2 N–H and O–H groups in total. The van der Waals surface area contributed by atoms with Crippen LogP contribution in [0.1, 0.15) is 24.3 Å². The Morgan fingerprint density at radius 1 is 1.50 bits per heavy atom. The van der Waals surface area contributed by atoms with E-state index in [1.54, 1.807) is 0 Å². The monoisotopic (exact) mass is 225 g/mol. The van der Waals surface area contributed by atoms with Crippen LogP contribution in [0.25, 0.3) is 0 Å². The van der Waals surface area contributed by atoms with E-state index in [4.69, 9.17) is 9.84 Å². The van der Waals surface area contributed by atoms with E-state index in [0.29, 0.717) is 19.0 Å². The van der Waals surface area contributed by atoms with Gasteiger partial charge in [-0.2, -0.15) is 0 Å². The van der Waals surface area contributed by atoms with Crippen LogP contribution >= 0.6 is 0 Å². The van der Waals surface area contributed by atoms with E-state index < -0.39 is 5.97 Å². The average molecular weight is 225 g/mol. The molecule has 0 fully saturated rings. The van der Waals surface area contributed by atoms with Crippen molar-refractivity contribution in [3.05, 3.63) is 18.1 Å². The van der Waals surface area contributed by atoms with E-state index in [1.807, 2.05) is 13.8 Å². The molecule has 1 aromatic heterocycles. The van der Waals surface area contributed by atoms with Crippen molar-refractivity contribution < 1.29 is 14.6 Å². The zero-order valence-electron chi connectivity index (χ0n) is 9.30. The van der Waals surface area contributed by atoms with Gasteiger partial charge in [0.1, 0.15) is 5.82 Å². The quantitative estimate of drug-likeness (QED) is 0.703. The van der Waals surface area contributed by atoms with E-state index in [9.17, 15) is 4.79 Å². The minimum Gasteiger partial charge on any atom is -0.476 e. The summed E-state index contributed by atoms with van der Waals surface area (Å²) in [5.74, 6) is -0.542. The van der Waals surface area contributed by atoms with Gasteiger partial charge in [0.15, 0.2) is 5.69 Å². The van der Waals surface area contributed by atoms with Gasteiger partial charge in [-0.3, -0.25) is 0 Å². The highest BCUT2D eigenvalue weighted by Gasteiger charge is 2.04. The molecule has 0 bridgehead atoms. The van der Waals surface area contributed by atoms with E-state index in [0.717, 1.165) is 0 Å². The minimum absolute atomic E-state index is 0.0658. The zero-order valence-corrected chi connectivity index (χ0v) is 9.30. The van der Waals surface area contributed by atoms with Crippen LogP contribution in [0.4, 0.5) is 5.82 Å². The number of anilines is 1. The molecule has 1 heterocycles. The number of rotatable bonds is 6. The van der Waals surface area contributed by atoms with Crippen LogP contribution in [0.15, 0.2) is 12.4 Å². The van der Waals surface area contributed by atoms with Crippen molar-refractivity contribution in [2.45, 2.75) is 20.0 Å². The van der Waals surface area contributed by atoms with Crippen molar-refractivity contribution in [3.8, 4) is 0 Å². The summed E-state index contributed by atoms with van der Waals surface area (Å²) in [6.07, 6.45) is 2.80. The number of carbonyl (C=O) groups is 1. The topological polar surface area (TPSA) is 84.3 Å². The van der Waals surface area contributed by atoms with Crippen LogP contribution in [0.2, 0.25) is 0 Å². The van der Waals surface area contributed by atoms with Gasteiger partial charge in [0, 0.05) is 6.54 Å². The summed E-state index contributed by atoms with van der Waals surface area (Å²) in [4.78, 5) is 18.1. The third kappa shape index (κ3) is 4.22. The molecule has 0 saturated carbocycles. The summed E-state index contributed by atoms with van der Waals surface area (Å²) < 4.78 is 5.32. The lowest BCUT2D eigenvalue weighted by Gasteiger charge is -2.08. The summed E-state index contributed by atoms with van der Waals surface area (Å²) >= 11 is 0. The molecule has 0 aliphatic heterocycles. The molecule has 0 saturated heterocycles. The lowest BCUT2D eigenvalue weighted by molar-refractivity contribution is 0.0690. The van der Waals surface area contributed by atoms with Crippen LogP contribution < -0.4 is 5.32 Å². The Kier molecular flexibility index (Phi) is 4.65. The maximum atomic E-state index is 10.5. The third-order valence-corrected chi connectivity index (χ3v) is 1.73. The molecule has 88 valence electrons. The van der Waals surface area contributed by atoms with Crippen LogP contribution in [-0.4, -0.2) is 40.3 Å². The predicted molar refractivity (Wildman–Crippen MR) is 58.6 cm³/mol. The highest BCUT2D eigenvalue weighted by Crippen LogP contribution is 2.00. The van der Waals surface area contributed by atoms with Gasteiger partial charge in [-0.25, -0.2) is 14.8 Å². The van der Waals surface area contributed by atoms with E-state index >= 15 is 0 Å². The second-order valence-electron chi connectivity index (χ2n) is 3.44. The standard InChI is InChI=1S/C10H15N3O3/c1-7(2)16-4-3-11-9-6-12-8(5-13-9)10(14)15/h5-7H,3-4H2,1-2H3,(H,11,13)(H,14,15). The Balaban J connectivity index is 2.35. The smallest absolute Gasteiger partial charge is 0.356 e. The van der Waals surface area contributed by atoms with Crippen molar-refractivity contribution in [1.82, 2.24) is 9.97 Å². The van der Waals surface area contributed by atoms with Gasteiger partial charge in [-0.1, -0.05) is 0 Å². The Hall–Kier alpha value is -1.69. The van der Waals surface area contributed by atoms with Crippen LogP contribution in [-0.2, 0) is 4.74 Å². The van der Waals surface area contributed by atoms with Gasteiger partial charge < -0.3 is 15.2 Å². The fourth-order valence-corrected chi connectivity index (χ4v) is 1.00. The molecule has 6 nitrogen and oxygen atoms in total. The molecule has 0 spiro atoms. The highest BCUT2D eigenvalue weighted by atomic mass is 16.5. The molecule has 0 aliphatic rings. The number of aromatic carboxylic acids is 1. The van der Waals surface area contributed by atoms with Crippen molar-refractivity contribution in [1.29, 1.82) is 0 Å². The first-order valence-corrected chi connectivity index (χ1v) is 5.00. The molecule has 6 heteroatoms. The van der Waals surface area contributed by atoms with Crippen molar-refractivity contribution >= 4 is 11.8 Å². The highest BCUT2D eigenvalue weighted by molar-refractivity contribution is 5.84. The van der Waals surface area contributed by atoms with Crippen molar-refractivity contribution in [2.75, 3.05) is 18.5 Å². The molecule has 0 aliphatic carbocycles. The third-order valence-electron chi connectivity index (χ3n) is 1.73. The Bertz CT molecular complexity index is 338. The molecule has 0 atom stereocenters. The molecular formula is C10H15N3O3. The Labute approximate surface area is 93.7 Å². The average Bonchev–Trinajstić information content (AvgIpc) is 2.25. The number of aromatic nitrogens is 2. The van der Waals surface area contributed by atoms with E-state index in [-0.39, 0.29) is 11.8 Å². The van der Waals surface area contributed by atoms with Gasteiger partial charge >= 0.3 is 5.97 Å². The minimum atomic E-state index is -1.08. The summed E-state index contributed by atoms with van der Waals surface area (Å²) in [7, 11) is 0. The SMILES string of the molecule is CC(C)OCCNc1cnc(C(=O)O)cn1. The molecule has 1 rings (SSSR count). The molecule has 1 aromatic rings. The first-order chi connectivity index (χ1) is 7.59. The van der Waals surface area contributed by atoms with Gasteiger partial charge in [0.05, 0.1) is 25.1 Å². The molecule has 0 unspecified atom stereocenters. The maximum absolute atomic E-state index is 10.5. The number of carboxylic acids is 1. The predicted octanol–water partition coefficient (Wildman–Crippen LogP) is 1.01. The fraction of sp³-hybridized carbons (Fsp3) is 0.500. The first-order valence-electron chi connectivity index (χ1n) is 5.00. The molecule has 0 aromatic carbocycles. The van der Waals surface area contributed by atoms with Crippen LogP contribution in [0.5, 0.6) is 0 Å². The largest absolute Gasteiger partial charge is 0.476 e. The first kappa shape index (κ1) is 12.4. The lowest BCUT2D eigenvalue weighted by Crippen LogP contribution is -2.14. The number of hydrogen-bond donors (Lipinski definition) is 2. The number of nitrogens with zero attached hydrogens (tertiary/aromatic N) is 2. The number of carboxylic acid groups (broad SMARTS) is 1. The summed E-state index contributed by atoms with van der Waals surface area (Å²) in [6.45, 7) is 5.10. The summed E-state index contributed by atoms with van der Waals surface area (Å²) in [5.41, 5.74) is -0.0658. The number of nitrogens with one attached hydrogen (secondary N) is 1. The second kappa shape index (κ2) is 6.02. The van der Waals surface area contributed by atoms with E-state index in [1.165, 1.54) is 12.4 Å². The molecular weight excluding hydrogens is 210 g/mol. The van der Waals surface area contributed by atoms with Gasteiger partial charge in [-0.15, -0.1) is 0 Å². The Morgan fingerprint density at radius 2 is 2.25 bits per heavy atom. The van der Waals surface area contributed by atoms with E-state index in [2.05, 4.69) is 15.3 Å². The number of ether oxygens (including phenoxy) is 1. The summed E-state index contributed by atoms with van der Waals surface area (Å²) in [6, 6.07) is 0. The maximum Gasteiger partial charge on any atom is 0.356 e. The Morgan fingerprint density at radius 3 is 2.75 bits per heavy atom. The van der Waals surface area contributed by atoms with Gasteiger partial charge in [0.2, 0.25) is 0 Å². The van der Waals surface area contributed by atoms with Crippen molar-refractivity contribution in [3.63, 3.8) is 0 Å². The number of hydrogen-bond acceptors (Lipinski definition) is 5. The zero-order chi connectivity index (χ0) is 12.0. The van der Waals surface area contributed by atoms with Gasteiger partial charge in [-0.05, 0) is 13.8 Å². The van der Waals surface area contributed by atoms with Crippen LogP contribution in [0, 0.1) is 0 Å². The normalized spacial score (nSPS) is 10.4. The van der Waals surface area contributed by atoms with Crippen molar-refractivity contribution in [2.24, 2.45) is 0 Å².